The molecule has 0 bridgehead atoms. The van der Waals surface area contributed by atoms with Gasteiger partial charge in [-0.3, -0.25) is 10.1 Å². The van der Waals surface area contributed by atoms with Crippen molar-refractivity contribution in [3.05, 3.63) is 60.7 Å². The van der Waals surface area contributed by atoms with Crippen LogP contribution < -0.4 is 10.1 Å². The zero-order chi connectivity index (χ0) is 19.6. The summed E-state index contributed by atoms with van der Waals surface area (Å²) >= 11 is 0. The Kier molecular flexibility index (Phi) is 4.65. The van der Waals surface area contributed by atoms with Crippen LogP contribution in [0.1, 0.15) is 12.8 Å². The molecular weight excluding hydrogens is 369 g/mol. The van der Waals surface area contributed by atoms with E-state index in [9.17, 15) is 4.39 Å². The molecule has 1 atom stereocenters. The lowest BCUT2D eigenvalue weighted by Crippen LogP contribution is -2.37. The van der Waals surface area contributed by atoms with Crippen molar-refractivity contribution in [1.29, 1.82) is 0 Å². The number of benzene rings is 2. The summed E-state index contributed by atoms with van der Waals surface area (Å²) in [6.07, 6.45) is 5.46. The summed E-state index contributed by atoms with van der Waals surface area (Å²) in [7, 11) is 0. The number of hydrogen-bond donors (Lipinski definition) is 2. The first-order valence-corrected chi connectivity index (χ1v) is 9.71. The summed E-state index contributed by atoms with van der Waals surface area (Å²) in [6.45, 7) is 1.83. The van der Waals surface area contributed by atoms with E-state index in [1.807, 2.05) is 24.3 Å². The highest BCUT2D eigenvalue weighted by molar-refractivity contribution is 5.94. The monoisotopic (exact) mass is 389 g/mol. The highest BCUT2D eigenvalue weighted by Gasteiger charge is 2.17. The number of H-pyrrole nitrogens is 1. The Labute approximate surface area is 167 Å². The molecular formula is C22H20FN5O. The van der Waals surface area contributed by atoms with Gasteiger partial charge in [-0.05, 0) is 43.1 Å². The second-order valence-electron chi connectivity index (χ2n) is 7.14. The van der Waals surface area contributed by atoms with E-state index in [-0.39, 0.29) is 11.9 Å². The number of hydrogen-bond acceptors (Lipinski definition) is 5. The Morgan fingerprint density at radius 1 is 1.10 bits per heavy atom. The van der Waals surface area contributed by atoms with Crippen molar-refractivity contribution in [3.8, 4) is 28.4 Å². The van der Waals surface area contributed by atoms with E-state index in [0.29, 0.717) is 22.8 Å². The van der Waals surface area contributed by atoms with E-state index in [2.05, 4.69) is 25.5 Å². The molecule has 0 radical (unpaired) electrons. The average molecular weight is 389 g/mol. The molecule has 1 unspecified atom stereocenters. The molecule has 2 aromatic heterocycles. The number of aromatic amines is 1. The molecule has 0 aliphatic carbocycles. The Morgan fingerprint density at radius 2 is 2.03 bits per heavy atom. The van der Waals surface area contributed by atoms with Gasteiger partial charge in [0.1, 0.15) is 23.3 Å². The summed E-state index contributed by atoms with van der Waals surface area (Å²) in [5.41, 5.74) is 3.47. The molecule has 1 aliphatic rings. The van der Waals surface area contributed by atoms with Crippen LogP contribution in [0.3, 0.4) is 0 Å². The van der Waals surface area contributed by atoms with Crippen molar-refractivity contribution in [2.45, 2.75) is 18.9 Å². The van der Waals surface area contributed by atoms with Gasteiger partial charge in [-0.25, -0.2) is 9.37 Å². The van der Waals surface area contributed by atoms with Gasteiger partial charge < -0.3 is 10.1 Å². The van der Waals surface area contributed by atoms with Gasteiger partial charge in [0.05, 0.1) is 17.9 Å². The van der Waals surface area contributed by atoms with Crippen LogP contribution in [0.25, 0.3) is 33.4 Å². The summed E-state index contributed by atoms with van der Waals surface area (Å²) in [4.78, 5) is 8.90. The highest BCUT2D eigenvalue weighted by Crippen LogP contribution is 2.31. The van der Waals surface area contributed by atoms with E-state index in [0.717, 1.165) is 42.4 Å². The molecule has 0 spiro atoms. The zero-order valence-corrected chi connectivity index (χ0v) is 15.7. The third kappa shape index (κ3) is 3.56. The molecule has 29 heavy (non-hydrogen) atoms. The molecule has 7 heteroatoms. The van der Waals surface area contributed by atoms with E-state index >= 15 is 0 Å². The largest absolute Gasteiger partial charge is 0.472 e. The lowest BCUT2D eigenvalue weighted by atomic mass is 10.0. The Balaban J connectivity index is 1.51. The molecule has 1 aliphatic heterocycles. The lowest BCUT2D eigenvalue weighted by Gasteiger charge is -2.23. The van der Waals surface area contributed by atoms with Gasteiger partial charge >= 0.3 is 0 Å². The number of rotatable bonds is 4. The molecule has 3 heterocycles. The number of halogens is 1. The Hall–Kier alpha value is -3.32. The SMILES string of the molecule is Fc1ccccc1-c1ccc2[nH]nc(-c3cncc(OC4CCCNC4)n3)c2c1. The quantitative estimate of drug-likeness (QED) is 0.553. The van der Waals surface area contributed by atoms with E-state index < -0.39 is 0 Å². The number of fused-ring (bicyclic) bond motifs is 1. The number of aromatic nitrogens is 4. The Morgan fingerprint density at radius 3 is 2.90 bits per heavy atom. The zero-order valence-electron chi connectivity index (χ0n) is 15.7. The van der Waals surface area contributed by atoms with Gasteiger partial charge in [0.2, 0.25) is 5.88 Å². The fourth-order valence-corrected chi connectivity index (χ4v) is 3.68. The molecule has 6 nitrogen and oxygen atoms in total. The first kappa shape index (κ1) is 17.8. The molecule has 0 amide bonds. The summed E-state index contributed by atoms with van der Waals surface area (Å²) in [5.74, 6) is 0.228. The van der Waals surface area contributed by atoms with Crippen LogP contribution in [0.5, 0.6) is 5.88 Å². The van der Waals surface area contributed by atoms with Crippen molar-refractivity contribution in [2.75, 3.05) is 13.1 Å². The maximum absolute atomic E-state index is 14.2. The molecule has 2 N–H and O–H groups in total. The average Bonchev–Trinajstić information content (AvgIpc) is 3.18. The third-order valence-electron chi connectivity index (χ3n) is 5.14. The Bertz CT molecular complexity index is 1150. The summed E-state index contributed by atoms with van der Waals surface area (Å²) < 4.78 is 20.2. The molecule has 5 rings (SSSR count). The first-order valence-electron chi connectivity index (χ1n) is 9.71. The van der Waals surface area contributed by atoms with Crippen molar-refractivity contribution < 1.29 is 9.13 Å². The van der Waals surface area contributed by atoms with Crippen molar-refractivity contribution in [1.82, 2.24) is 25.5 Å². The van der Waals surface area contributed by atoms with Gasteiger partial charge in [0, 0.05) is 17.5 Å². The highest BCUT2D eigenvalue weighted by atomic mass is 19.1. The van der Waals surface area contributed by atoms with Gasteiger partial charge in [-0.15, -0.1) is 0 Å². The number of nitrogens with one attached hydrogen (secondary N) is 2. The van der Waals surface area contributed by atoms with Crippen LogP contribution in [-0.4, -0.2) is 39.4 Å². The van der Waals surface area contributed by atoms with Crippen LogP contribution in [0.4, 0.5) is 4.39 Å². The van der Waals surface area contributed by atoms with Crippen molar-refractivity contribution in [3.63, 3.8) is 0 Å². The van der Waals surface area contributed by atoms with Crippen LogP contribution in [0.2, 0.25) is 0 Å². The van der Waals surface area contributed by atoms with Gasteiger partial charge in [0.15, 0.2) is 0 Å². The molecule has 2 aromatic carbocycles. The molecule has 1 fully saturated rings. The van der Waals surface area contributed by atoms with Crippen molar-refractivity contribution >= 4 is 10.9 Å². The second kappa shape index (κ2) is 7.60. The summed E-state index contributed by atoms with van der Waals surface area (Å²) in [6, 6.07) is 12.4. The van der Waals surface area contributed by atoms with E-state index in [1.165, 1.54) is 6.07 Å². The van der Waals surface area contributed by atoms with E-state index in [4.69, 9.17) is 4.74 Å². The summed E-state index contributed by atoms with van der Waals surface area (Å²) in [5, 5.41) is 11.6. The first-order chi connectivity index (χ1) is 14.3. The van der Waals surface area contributed by atoms with Crippen LogP contribution in [0, 0.1) is 5.82 Å². The van der Waals surface area contributed by atoms with E-state index in [1.54, 1.807) is 24.5 Å². The van der Waals surface area contributed by atoms with Crippen molar-refractivity contribution in [2.24, 2.45) is 0 Å². The molecule has 4 aromatic rings. The maximum atomic E-state index is 14.2. The topological polar surface area (TPSA) is 75.7 Å². The van der Waals surface area contributed by atoms with Gasteiger partial charge in [0.25, 0.3) is 0 Å². The predicted octanol–water partition coefficient (Wildman–Crippen LogP) is 3.96. The fourth-order valence-electron chi connectivity index (χ4n) is 3.68. The maximum Gasteiger partial charge on any atom is 0.233 e. The molecule has 1 saturated heterocycles. The minimum atomic E-state index is -0.256. The van der Waals surface area contributed by atoms with Gasteiger partial charge in [-0.2, -0.15) is 5.10 Å². The minimum Gasteiger partial charge on any atom is -0.472 e. The smallest absolute Gasteiger partial charge is 0.233 e. The van der Waals surface area contributed by atoms with Crippen LogP contribution in [0.15, 0.2) is 54.9 Å². The normalized spacial score (nSPS) is 16.8. The lowest BCUT2D eigenvalue weighted by molar-refractivity contribution is 0.160. The number of piperidine rings is 1. The second-order valence-corrected chi connectivity index (χ2v) is 7.14. The number of nitrogens with zero attached hydrogens (tertiary/aromatic N) is 3. The predicted molar refractivity (Wildman–Crippen MR) is 109 cm³/mol. The van der Waals surface area contributed by atoms with Gasteiger partial charge in [-0.1, -0.05) is 24.3 Å². The van der Waals surface area contributed by atoms with Crippen LogP contribution in [-0.2, 0) is 0 Å². The molecule has 146 valence electrons. The minimum absolute atomic E-state index is 0.0943. The standard InChI is InChI=1S/C22H20FN5O/c23-18-6-2-1-5-16(18)14-7-8-19-17(10-14)22(28-27-19)20-12-25-13-21(26-20)29-15-4-3-9-24-11-15/h1-2,5-8,10,12-13,15,24H,3-4,9,11H2,(H,27,28). The van der Waals surface area contributed by atoms with Crippen LogP contribution >= 0.6 is 0 Å². The fraction of sp³-hybridized carbons (Fsp3) is 0.227. The third-order valence-corrected chi connectivity index (χ3v) is 5.14. The number of ether oxygens (including phenoxy) is 1. The molecule has 0 saturated carbocycles.